The first-order valence-corrected chi connectivity index (χ1v) is 4.30. The second kappa shape index (κ2) is 3.42. The Kier molecular flexibility index (Phi) is 2.11. The molecular weight excluding hydrogens is 176 g/mol. The molecule has 2 heteroatoms. The SMILES string of the molecule is C=COc1ccc2cc(O)ccc2c1. The molecule has 0 aliphatic rings. The number of phenolic OH excluding ortho intramolecular Hbond substituents is 1. The van der Waals surface area contributed by atoms with Gasteiger partial charge in [-0.15, -0.1) is 0 Å². The molecule has 2 nitrogen and oxygen atoms in total. The van der Waals surface area contributed by atoms with Crippen LogP contribution in [0.3, 0.4) is 0 Å². The lowest BCUT2D eigenvalue weighted by atomic mass is 10.1. The predicted octanol–water partition coefficient (Wildman–Crippen LogP) is 3.07. The lowest BCUT2D eigenvalue weighted by molar-refractivity contribution is 0.476. The molecule has 0 heterocycles. The van der Waals surface area contributed by atoms with Crippen molar-refractivity contribution in [3.63, 3.8) is 0 Å². The Bertz CT molecular complexity index is 475. The van der Waals surface area contributed by atoms with Crippen LogP contribution in [-0.2, 0) is 0 Å². The van der Waals surface area contributed by atoms with E-state index in [2.05, 4.69) is 6.58 Å². The molecule has 0 aromatic heterocycles. The van der Waals surface area contributed by atoms with E-state index < -0.39 is 0 Å². The number of hydrogen-bond acceptors (Lipinski definition) is 2. The summed E-state index contributed by atoms with van der Waals surface area (Å²) >= 11 is 0. The molecule has 0 aliphatic carbocycles. The van der Waals surface area contributed by atoms with Crippen molar-refractivity contribution in [2.45, 2.75) is 0 Å². The van der Waals surface area contributed by atoms with Crippen LogP contribution in [0.25, 0.3) is 10.8 Å². The molecule has 0 aliphatic heterocycles. The highest BCUT2D eigenvalue weighted by molar-refractivity contribution is 5.85. The van der Waals surface area contributed by atoms with Gasteiger partial charge in [-0.1, -0.05) is 18.7 Å². The molecule has 0 saturated carbocycles. The van der Waals surface area contributed by atoms with E-state index in [0.29, 0.717) is 0 Å². The van der Waals surface area contributed by atoms with Gasteiger partial charge < -0.3 is 9.84 Å². The fourth-order valence-electron chi connectivity index (χ4n) is 1.38. The van der Waals surface area contributed by atoms with Crippen molar-refractivity contribution in [1.29, 1.82) is 0 Å². The second-order valence-corrected chi connectivity index (χ2v) is 2.98. The molecule has 70 valence electrons. The number of ether oxygens (including phenoxy) is 1. The average molecular weight is 186 g/mol. The number of benzene rings is 2. The summed E-state index contributed by atoms with van der Waals surface area (Å²) in [4.78, 5) is 0. The van der Waals surface area contributed by atoms with Crippen molar-refractivity contribution in [3.8, 4) is 11.5 Å². The lowest BCUT2D eigenvalue weighted by Crippen LogP contribution is -1.80. The fourth-order valence-corrected chi connectivity index (χ4v) is 1.38. The Morgan fingerprint density at radius 3 is 2.57 bits per heavy atom. The number of rotatable bonds is 2. The van der Waals surface area contributed by atoms with Gasteiger partial charge in [-0.05, 0) is 35.0 Å². The first kappa shape index (κ1) is 8.63. The molecule has 0 atom stereocenters. The third kappa shape index (κ3) is 1.55. The zero-order chi connectivity index (χ0) is 9.97. The highest BCUT2D eigenvalue weighted by Crippen LogP contribution is 2.24. The monoisotopic (exact) mass is 186 g/mol. The van der Waals surface area contributed by atoms with E-state index in [9.17, 15) is 5.11 Å². The molecule has 0 radical (unpaired) electrons. The van der Waals surface area contributed by atoms with Crippen molar-refractivity contribution in [3.05, 3.63) is 49.2 Å². The van der Waals surface area contributed by atoms with Crippen LogP contribution >= 0.6 is 0 Å². The van der Waals surface area contributed by atoms with Gasteiger partial charge in [0.05, 0.1) is 6.26 Å². The number of hydrogen-bond donors (Lipinski definition) is 1. The van der Waals surface area contributed by atoms with E-state index in [4.69, 9.17) is 4.74 Å². The zero-order valence-corrected chi connectivity index (χ0v) is 7.60. The van der Waals surface area contributed by atoms with Crippen molar-refractivity contribution in [2.75, 3.05) is 0 Å². The van der Waals surface area contributed by atoms with Gasteiger partial charge in [-0.2, -0.15) is 0 Å². The van der Waals surface area contributed by atoms with Crippen molar-refractivity contribution >= 4 is 10.8 Å². The molecule has 2 rings (SSSR count). The van der Waals surface area contributed by atoms with Gasteiger partial charge in [0.25, 0.3) is 0 Å². The van der Waals surface area contributed by atoms with Crippen LogP contribution in [0.4, 0.5) is 0 Å². The van der Waals surface area contributed by atoms with Crippen LogP contribution in [0.2, 0.25) is 0 Å². The Balaban J connectivity index is 2.55. The van der Waals surface area contributed by atoms with Gasteiger partial charge in [0.15, 0.2) is 0 Å². The molecule has 0 fully saturated rings. The van der Waals surface area contributed by atoms with Gasteiger partial charge >= 0.3 is 0 Å². The zero-order valence-electron chi connectivity index (χ0n) is 7.60. The Morgan fingerprint density at radius 1 is 1.07 bits per heavy atom. The van der Waals surface area contributed by atoms with Gasteiger partial charge in [-0.25, -0.2) is 0 Å². The number of phenols is 1. The van der Waals surface area contributed by atoms with Crippen molar-refractivity contribution in [1.82, 2.24) is 0 Å². The summed E-state index contributed by atoms with van der Waals surface area (Å²) < 4.78 is 5.15. The fraction of sp³-hybridized carbons (Fsp3) is 0. The van der Waals surface area contributed by atoms with Gasteiger partial charge in [0, 0.05) is 0 Å². The lowest BCUT2D eigenvalue weighted by Gasteiger charge is -2.02. The first-order valence-electron chi connectivity index (χ1n) is 4.30. The summed E-state index contributed by atoms with van der Waals surface area (Å²) in [6.07, 6.45) is 1.39. The smallest absolute Gasteiger partial charge is 0.127 e. The first-order chi connectivity index (χ1) is 6.79. The standard InChI is InChI=1S/C12H10O2/c1-2-14-12-6-4-9-7-11(13)5-3-10(9)8-12/h2-8,13H,1H2. The Morgan fingerprint density at radius 2 is 1.79 bits per heavy atom. The summed E-state index contributed by atoms with van der Waals surface area (Å²) in [7, 11) is 0. The molecule has 0 amide bonds. The van der Waals surface area contributed by atoms with Gasteiger partial charge in [-0.3, -0.25) is 0 Å². The maximum Gasteiger partial charge on any atom is 0.127 e. The molecule has 0 bridgehead atoms. The van der Waals surface area contributed by atoms with Crippen molar-refractivity contribution < 1.29 is 9.84 Å². The van der Waals surface area contributed by atoms with Crippen LogP contribution in [0, 0.1) is 0 Å². The highest BCUT2D eigenvalue weighted by atomic mass is 16.5. The summed E-state index contributed by atoms with van der Waals surface area (Å²) in [5, 5.41) is 11.3. The highest BCUT2D eigenvalue weighted by Gasteiger charge is 1.97. The minimum Gasteiger partial charge on any atom is -0.508 e. The number of aromatic hydroxyl groups is 1. The second-order valence-electron chi connectivity index (χ2n) is 2.98. The van der Waals surface area contributed by atoms with Crippen LogP contribution in [0.15, 0.2) is 49.2 Å². The third-order valence-corrected chi connectivity index (χ3v) is 2.01. The molecule has 0 spiro atoms. The minimum atomic E-state index is 0.273. The van der Waals surface area contributed by atoms with E-state index >= 15 is 0 Å². The molecule has 0 saturated heterocycles. The maximum atomic E-state index is 9.26. The average Bonchev–Trinajstić information content (AvgIpc) is 2.19. The van der Waals surface area contributed by atoms with Crippen LogP contribution in [-0.4, -0.2) is 5.11 Å². The van der Waals surface area contributed by atoms with Gasteiger partial charge in [0.1, 0.15) is 11.5 Å². The molecule has 2 aromatic carbocycles. The van der Waals surface area contributed by atoms with E-state index in [0.717, 1.165) is 16.5 Å². The van der Waals surface area contributed by atoms with E-state index in [1.165, 1.54) is 6.26 Å². The normalized spacial score (nSPS) is 10.0. The summed E-state index contributed by atoms with van der Waals surface area (Å²) in [5.74, 6) is 1.02. The minimum absolute atomic E-state index is 0.273. The molecule has 0 unspecified atom stereocenters. The predicted molar refractivity (Wildman–Crippen MR) is 56.4 cm³/mol. The molecule has 14 heavy (non-hydrogen) atoms. The van der Waals surface area contributed by atoms with Crippen molar-refractivity contribution in [2.24, 2.45) is 0 Å². The maximum absolute atomic E-state index is 9.26. The van der Waals surface area contributed by atoms with E-state index in [1.807, 2.05) is 24.3 Å². The Labute approximate surface area is 82.1 Å². The summed E-state index contributed by atoms with van der Waals surface area (Å²) in [5.41, 5.74) is 0. The van der Waals surface area contributed by atoms with E-state index in [1.54, 1.807) is 12.1 Å². The quantitative estimate of drug-likeness (QED) is 0.730. The van der Waals surface area contributed by atoms with Crippen LogP contribution < -0.4 is 4.74 Å². The molecular formula is C12H10O2. The largest absolute Gasteiger partial charge is 0.508 e. The third-order valence-electron chi connectivity index (χ3n) is 2.01. The summed E-state index contributed by atoms with van der Waals surface area (Å²) in [6.45, 7) is 3.49. The number of fused-ring (bicyclic) bond motifs is 1. The topological polar surface area (TPSA) is 29.5 Å². The molecule has 1 N–H and O–H groups in total. The van der Waals surface area contributed by atoms with Crippen LogP contribution in [0.1, 0.15) is 0 Å². The summed E-state index contributed by atoms with van der Waals surface area (Å²) in [6, 6.07) is 10.8. The van der Waals surface area contributed by atoms with Gasteiger partial charge in [0.2, 0.25) is 0 Å². The molecule has 2 aromatic rings. The Hall–Kier alpha value is -1.96. The van der Waals surface area contributed by atoms with Crippen LogP contribution in [0.5, 0.6) is 11.5 Å². The van der Waals surface area contributed by atoms with E-state index in [-0.39, 0.29) is 5.75 Å².